The van der Waals surface area contributed by atoms with Gasteiger partial charge in [0, 0.05) is 11.1 Å². The first kappa shape index (κ1) is 20.5. The van der Waals surface area contributed by atoms with Crippen LogP contribution in [0, 0.1) is 0 Å². The molecule has 5 heteroatoms. The number of fused-ring (bicyclic) bond motifs is 1. The molecule has 1 aromatic heterocycles. The molecule has 3 rings (SSSR count). The van der Waals surface area contributed by atoms with E-state index in [0.717, 1.165) is 60.2 Å². The summed E-state index contributed by atoms with van der Waals surface area (Å²) in [5.74, 6) is 0.600. The van der Waals surface area contributed by atoms with E-state index >= 15 is 0 Å². The van der Waals surface area contributed by atoms with Gasteiger partial charge in [-0.2, -0.15) is 5.10 Å². The summed E-state index contributed by atoms with van der Waals surface area (Å²) in [6, 6.07) is 17.2. The summed E-state index contributed by atoms with van der Waals surface area (Å²) >= 11 is 0. The van der Waals surface area contributed by atoms with Gasteiger partial charge in [0.15, 0.2) is 0 Å². The number of ether oxygens (including phenoxy) is 1. The van der Waals surface area contributed by atoms with Gasteiger partial charge in [-0.1, -0.05) is 44.9 Å². The summed E-state index contributed by atoms with van der Waals surface area (Å²) in [7, 11) is 0. The van der Waals surface area contributed by atoms with Crippen LogP contribution in [0.15, 0.2) is 59.7 Å². The quantitative estimate of drug-likeness (QED) is 0.313. The number of aryl methyl sites for hydroxylation is 1. The highest BCUT2D eigenvalue weighted by atomic mass is 16.5. The molecule has 0 aliphatic carbocycles. The molecular weight excluding hydrogens is 362 g/mol. The molecule has 0 unspecified atom stereocenters. The fraction of sp³-hybridized carbons (Fsp3) is 0.292. The van der Waals surface area contributed by atoms with Gasteiger partial charge in [0.25, 0.3) is 5.91 Å². The first-order chi connectivity index (χ1) is 14.2. The van der Waals surface area contributed by atoms with Gasteiger partial charge < -0.3 is 4.74 Å². The van der Waals surface area contributed by atoms with Crippen LogP contribution in [0.3, 0.4) is 0 Å². The number of hydrazone groups is 1. The molecule has 29 heavy (non-hydrogen) atoms. The zero-order valence-corrected chi connectivity index (χ0v) is 17.0. The van der Waals surface area contributed by atoms with Crippen LogP contribution in [-0.2, 0) is 6.42 Å². The molecule has 5 nitrogen and oxygen atoms in total. The van der Waals surface area contributed by atoms with Crippen molar-refractivity contribution in [3.63, 3.8) is 0 Å². The van der Waals surface area contributed by atoms with Gasteiger partial charge in [-0.15, -0.1) is 0 Å². The van der Waals surface area contributed by atoms with Crippen LogP contribution in [0.2, 0.25) is 0 Å². The summed E-state index contributed by atoms with van der Waals surface area (Å²) < 4.78 is 5.65. The summed E-state index contributed by atoms with van der Waals surface area (Å²) in [4.78, 5) is 17.4. The second-order valence-electron chi connectivity index (χ2n) is 6.90. The molecule has 0 atom stereocenters. The number of nitrogens with zero attached hydrogens (tertiary/aromatic N) is 2. The topological polar surface area (TPSA) is 63.6 Å². The average molecular weight is 389 g/mol. The van der Waals surface area contributed by atoms with Crippen molar-refractivity contribution < 1.29 is 9.53 Å². The average Bonchev–Trinajstić information content (AvgIpc) is 2.74. The normalized spacial score (nSPS) is 11.1. The molecule has 0 fully saturated rings. The molecule has 1 heterocycles. The number of benzene rings is 2. The number of aromatic nitrogens is 1. The number of nitrogens with one attached hydrogen (secondary N) is 1. The smallest absolute Gasteiger partial charge is 0.272 e. The van der Waals surface area contributed by atoms with E-state index in [1.807, 2.05) is 54.6 Å². The molecule has 3 aromatic rings. The Bertz CT molecular complexity index is 981. The Morgan fingerprint density at radius 1 is 1.10 bits per heavy atom. The maximum absolute atomic E-state index is 12.7. The van der Waals surface area contributed by atoms with Gasteiger partial charge in [0.1, 0.15) is 5.75 Å². The number of pyridine rings is 1. The monoisotopic (exact) mass is 389 g/mol. The van der Waals surface area contributed by atoms with Crippen LogP contribution in [-0.4, -0.2) is 23.7 Å². The Hall–Kier alpha value is -3.21. The Balaban J connectivity index is 1.69. The molecule has 150 valence electrons. The third-order valence-corrected chi connectivity index (χ3v) is 4.55. The van der Waals surface area contributed by atoms with E-state index < -0.39 is 0 Å². The molecule has 0 saturated carbocycles. The third kappa shape index (κ3) is 5.64. The SMILES string of the molecule is CCCCOc1ccc(/C=N\NC(=O)c2cc(CCC)nc3ccccc23)cc1. The lowest BCUT2D eigenvalue weighted by Crippen LogP contribution is -2.18. The van der Waals surface area contributed by atoms with Crippen molar-refractivity contribution in [2.45, 2.75) is 39.5 Å². The summed E-state index contributed by atoms with van der Waals surface area (Å²) in [6.45, 7) is 4.96. The van der Waals surface area contributed by atoms with Crippen molar-refractivity contribution in [3.8, 4) is 5.75 Å². The van der Waals surface area contributed by atoms with E-state index in [1.54, 1.807) is 6.21 Å². The Morgan fingerprint density at radius 2 is 1.90 bits per heavy atom. The van der Waals surface area contributed by atoms with Crippen LogP contribution in [0.25, 0.3) is 10.9 Å². The standard InChI is InChI=1S/C24H27N3O2/c1-3-5-15-29-20-13-11-18(12-14-20)17-25-27-24(28)22-16-19(8-4-2)26-23-10-7-6-9-21(22)23/h6-7,9-14,16-17H,3-5,8,15H2,1-2H3,(H,27,28)/b25-17-. The molecule has 0 saturated heterocycles. The number of carbonyl (C=O) groups is 1. The molecule has 2 aromatic carbocycles. The zero-order chi connectivity index (χ0) is 20.5. The van der Waals surface area contributed by atoms with Crippen molar-refractivity contribution in [3.05, 3.63) is 71.4 Å². The first-order valence-electron chi connectivity index (χ1n) is 10.2. The van der Waals surface area contributed by atoms with Crippen LogP contribution >= 0.6 is 0 Å². The lowest BCUT2D eigenvalue weighted by Gasteiger charge is -2.08. The highest BCUT2D eigenvalue weighted by Gasteiger charge is 2.12. The molecule has 1 amide bonds. The number of rotatable bonds is 9. The van der Waals surface area contributed by atoms with Crippen molar-refractivity contribution in [1.82, 2.24) is 10.4 Å². The van der Waals surface area contributed by atoms with Crippen LogP contribution in [0.1, 0.15) is 54.7 Å². The van der Waals surface area contributed by atoms with Gasteiger partial charge >= 0.3 is 0 Å². The Kier molecular flexibility index (Phi) is 7.34. The van der Waals surface area contributed by atoms with Gasteiger partial charge in [0.2, 0.25) is 0 Å². The number of carbonyl (C=O) groups excluding carboxylic acids is 1. The molecular formula is C24H27N3O2. The number of para-hydroxylation sites is 1. The second-order valence-corrected chi connectivity index (χ2v) is 6.90. The highest BCUT2D eigenvalue weighted by Crippen LogP contribution is 2.19. The van der Waals surface area contributed by atoms with E-state index in [4.69, 9.17) is 4.74 Å². The van der Waals surface area contributed by atoms with E-state index in [9.17, 15) is 4.79 Å². The third-order valence-electron chi connectivity index (χ3n) is 4.55. The first-order valence-corrected chi connectivity index (χ1v) is 10.2. The molecule has 0 aliphatic heterocycles. The molecule has 0 bridgehead atoms. The number of hydrogen-bond donors (Lipinski definition) is 1. The largest absolute Gasteiger partial charge is 0.494 e. The van der Waals surface area contributed by atoms with E-state index in [0.29, 0.717) is 5.56 Å². The summed E-state index contributed by atoms with van der Waals surface area (Å²) in [5, 5.41) is 4.95. The number of unbranched alkanes of at least 4 members (excludes halogenated alkanes) is 1. The molecule has 0 radical (unpaired) electrons. The molecule has 0 aliphatic rings. The van der Waals surface area contributed by atoms with Crippen molar-refractivity contribution in [2.75, 3.05) is 6.61 Å². The Morgan fingerprint density at radius 3 is 2.66 bits per heavy atom. The van der Waals surface area contributed by atoms with E-state index in [-0.39, 0.29) is 5.91 Å². The maximum Gasteiger partial charge on any atom is 0.272 e. The summed E-state index contributed by atoms with van der Waals surface area (Å²) in [6.07, 6.45) is 5.59. The maximum atomic E-state index is 12.7. The fourth-order valence-corrected chi connectivity index (χ4v) is 3.01. The van der Waals surface area contributed by atoms with Crippen molar-refractivity contribution >= 4 is 23.0 Å². The minimum Gasteiger partial charge on any atom is -0.494 e. The van der Waals surface area contributed by atoms with E-state index in [2.05, 4.69) is 29.4 Å². The fourth-order valence-electron chi connectivity index (χ4n) is 3.01. The van der Waals surface area contributed by atoms with Crippen LogP contribution in [0.5, 0.6) is 5.75 Å². The minimum absolute atomic E-state index is 0.239. The molecule has 0 spiro atoms. The van der Waals surface area contributed by atoms with Gasteiger partial charge in [-0.05, 0) is 54.8 Å². The zero-order valence-electron chi connectivity index (χ0n) is 17.0. The predicted octanol–water partition coefficient (Wildman–Crippen LogP) is 5.13. The highest BCUT2D eigenvalue weighted by molar-refractivity contribution is 6.06. The lowest BCUT2D eigenvalue weighted by molar-refractivity contribution is 0.0956. The van der Waals surface area contributed by atoms with Gasteiger partial charge in [-0.25, -0.2) is 5.43 Å². The predicted molar refractivity (Wildman–Crippen MR) is 118 cm³/mol. The van der Waals surface area contributed by atoms with Crippen LogP contribution < -0.4 is 10.2 Å². The number of amides is 1. The molecule has 1 N–H and O–H groups in total. The van der Waals surface area contributed by atoms with Crippen molar-refractivity contribution in [2.24, 2.45) is 5.10 Å². The summed E-state index contributed by atoms with van der Waals surface area (Å²) in [5.41, 5.74) is 5.86. The van der Waals surface area contributed by atoms with Gasteiger partial charge in [-0.3, -0.25) is 9.78 Å². The van der Waals surface area contributed by atoms with Crippen LogP contribution in [0.4, 0.5) is 0 Å². The second kappa shape index (κ2) is 10.4. The van der Waals surface area contributed by atoms with E-state index in [1.165, 1.54) is 0 Å². The van der Waals surface area contributed by atoms with Crippen molar-refractivity contribution in [1.29, 1.82) is 0 Å². The lowest BCUT2D eigenvalue weighted by atomic mass is 10.1. The Labute approximate surface area is 171 Å². The van der Waals surface area contributed by atoms with Gasteiger partial charge in [0.05, 0.1) is 23.9 Å². The number of hydrogen-bond acceptors (Lipinski definition) is 4. The minimum atomic E-state index is -0.239.